The van der Waals surface area contributed by atoms with E-state index in [0.29, 0.717) is 4.90 Å². The van der Waals surface area contributed by atoms with E-state index in [-0.39, 0.29) is 17.1 Å². The molecule has 26 heavy (non-hydrogen) atoms. The second-order valence-corrected chi connectivity index (χ2v) is 5.69. The molecule has 0 unspecified atom stereocenters. The first-order valence-electron chi connectivity index (χ1n) is 7.17. The fraction of sp³-hybridized carbons (Fsp3) is 0.0588. The number of carbonyl (C=O) groups is 2. The summed E-state index contributed by atoms with van der Waals surface area (Å²) in [4.78, 5) is 25.4. The Kier molecular flexibility index (Phi) is 4.45. The number of hydrogen-bond donors (Lipinski definition) is 1. The van der Waals surface area contributed by atoms with E-state index in [0.717, 1.165) is 30.3 Å². The minimum atomic E-state index is -4.56. The fourth-order valence-electron chi connectivity index (χ4n) is 2.35. The first-order chi connectivity index (χ1) is 12.2. The molecule has 1 N–H and O–H groups in total. The van der Waals surface area contributed by atoms with Crippen LogP contribution in [0.4, 0.5) is 28.9 Å². The Balaban J connectivity index is 1.90. The van der Waals surface area contributed by atoms with Gasteiger partial charge in [0, 0.05) is 5.69 Å². The number of anilines is 2. The van der Waals surface area contributed by atoms with Gasteiger partial charge in [0.2, 0.25) is 0 Å². The summed E-state index contributed by atoms with van der Waals surface area (Å²) in [6.07, 6.45) is -4.56. The molecule has 0 saturated carbocycles. The zero-order chi connectivity index (χ0) is 19.1. The Hall–Kier alpha value is -2.87. The molecule has 0 aromatic heterocycles. The Labute approximate surface area is 149 Å². The van der Waals surface area contributed by atoms with Crippen LogP contribution in [0.25, 0.3) is 0 Å². The van der Waals surface area contributed by atoms with E-state index in [1.165, 1.54) is 18.2 Å². The number of nitrogens with one attached hydrogen (secondary N) is 1. The lowest BCUT2D eigenvalue weighted by molar-refractivity contribution is -0.137. The number of halogens is 5. The highest BCUT2D eigenvalue weighted by atomic mass is 35.5. The van der Waals surface area contributed by atoms with Crippen molar-refractivity contribution in [2.75, 3.05) is 10.2 Å². The topological polar surface area (TPSA) is 49.4 Å². The molecule has 0 bridgehead atoms. The van der Waals surface area contributed by atoms with Gasteiger partial charge in [0.1, 0.15) is 16.5 Å². The maximum absolute atomic E-state index is 13.0. The molecule has 1 aliphatic heterocycles. The van der Waals surface area contributed by atoms with Gasteiger partial charge in [0.25, 0.3) is 11.8 Å². The lowest BCUT2D eigenvalue weighted by Crippen LogP contribution is -2.32. The number of rotatable bonds is 3. The molecule has 0 saturated heterocycles. The van der Waals surface area contributed by atoms with E-state index < -0.39 is 34.4 Å². The lowest BCUT2D eigenvalue weighted by Gasteiger charge is -2.15. The summed E-state index contributed by atoms with van der Waals surface area (Å²) in [6.45, 7) is 0. The van der Waals surface area contributed by atoms with Gasteiger partial charge in [-0.05, 0) is 42.5 Å². The van der Waals surface area contributed by atoms with Crippen LogP contribution in [0.5, 0.6) is 0 Å². The van der Waals surface area contributed by atoms with E-state index in [9.17, 15) is 27.2 Å². The van der Waals surface area contributed by atoms with Crippen LogP contribution >= 0.6 is 11.6 Å². The van der Waals surface area contributed by atoms with Gasteiger partial charge in [-0.2, -0.15) is 13.2 Å². The van der Waals surface area contributed by atoms with Crippen LogP contribution in [0.1, 0.15) is 5.56 Å². The molecule has 9 heteroatoms. The van der Waals surface area contributed by atoms with Crippen molar-refractivity contribution in [1.29, 1.82) is 0 Å². The van der Waals surface area contributed by atoms with Crippen LogP contribution < -0.4 is 10.2 Å². The third kappa shape index (κ3) is 3.28. The summed E-state index contributed by atoms with van der Waals surface area (Å²) in [5.41, 5.74) is -1.26. The van der Waals surface area contributed by atoms with Crippen LogP contribution in [0.2, 0.25) is 0 Å². The summed E-state index contributed by atoms with van der Waals surface area (Å²) >= 11 is 5.89. The highest BCUT2D eigenvalue weighted by Gasteiger charge is 2.39. The summed E-state index contributed by atoms with van der Waals surface area (Å²) in [6, 6.07) is 8.64. The van der Waals surface area contributed by atoms with Crippen molar-refractivity contribution in [3.05, 3.63) is 70.6 Å². The second-order valence-electron chi connectivity index (χ2n) is 5.31. The van der Waals surface area contributed by atoms with E-state index in [4.69, 9.17) is 11.6 Å². The molecular weight excluding hydrogens is 376 g/mol. The van der Waals surface area contributed by atoms with Gasteiger partial charge in [-0.1, -0.05) is 17.7 Å². The molecule has 3 rings (SSSR count). The zero-order valence-corrected chi connectivity index (χ0v) is 13.5. The van der Waals surface area contributed by atoms with Crippen LogP contribution in [0, 0.1) is 5.82 Å². The number of hydrogen-bond acceptors (Lipinski definition) is 3. The van der Waals surface area contributed by atoms with Crippen molar-refractivity contribution in [3.8, 4) is 0 Å². The van der Waals surface area contributed by atoms with Crippen molar-refractivity contribution < 1.29 is 27.2 Å². The molecule has 0 fully saturated rings. The number of benzene rings is 2. The molecule has 0 aliphatic carbocycles. The smallest absolute Gasteiger partial charge is 0.350 e. The monoisotopic (exact) mass is 384 g/mol. The SMILES string of the molecule is O=C1C(Cl)=C(Nc2cccc(C(F)(F)F)c2)C(=O)N1c1ccc(F)cc1. The molecule has 0 spiro atoms. The van der Waals surface area contributed by atoms with E-state index in [1.807, 2.05) is 0 Å². The van der Waals surface area contributed by atoms with E-state index >= 15 is 0 Å². The third-order valence-electron chi connectivity index (χ3n) is 3.57. The fourth-order valence-corrected chi connectivity index (χ4v) is 2.57. The minimum absolute atomic E-state index is 0.0601. The molecule has 2 aromatic carbocycles. The average Bonchev–Trinajstić information content (AvgIpc) is 2.79. The van der Waals surface area contributed by atoms with Crippen LogP contribution in [0.15, 0.2) is 59.3 Å². The summed E-state index contributed by atoms with van der Waals surface area (Å²) in [7, 11) is 0. The van der Waals surface area contributed by atoms with Gasteiger partial charge in [0.15, 0.2) is 0 Å². The quantitative estimate of drug-likeness (QED) is 0.634. The molecule has 2 amide bonds. The number of carbonyl (C=O) groups excluding carboxylic acids is 2. The molecule has 0 atom stereocenters. The third-order valence-corrected chi connectivity index (χ3v) is 3.92. The highest BCUT2D eigenvalue weighted by molar-refractivity contribution is 6.53. The van der Waals surface area contributed by atoms with Crippen molar-refractivity contribution in [2.45, 2.75) is 6.18 Å². The Bertz CT molecular complexity index is 923. The van der Waals surface area contributed by atoms with Gasteiger partial charge in [-0.3, -0.25) is 9.59 Å². The number of imide groups is 1. The minimum Gasteiger partial charge on any atom is -0.350 e. The predicted molar refractivity (Wildman–Crippen MR) is 86.8 cm³/mol. The second kappa shape index (κ2) is 6.45. The summed E-state index contributed by atoms with van der Waals surface area (Å²) in [5.74, 6) is -2.28. The highest BCUT2D eigenvalue weighted by Crippen LogP contribution is 2.33. The first kappa shape index (κ1) is 17.9. The lowest BCUT2D eigenvalue weighted by atomic mass is 10.2. The zero-order valence-electron chi connectivity index (χ0n) is 12.8. The van der Waals surface area contributed by atoms with Crippen LogP contribution in [-0.2, 0) is 15.8 Å². The summed E-state index contributed by atoms with van der Waals surface area (Å²) in [5, 5.41) is 1.98. The molecule has 0 radical (unpaired) electrons. The van der Waals surface area contributed by atoms with Crippen LogP contribution in [-0.4, -0.2) is 11.8 Å². The standard InChI is InChI=1S/C17H9ClF4N2O2/c18-13-14(23-11-3-1-2-9(8-11)17(20,21)22)16(26)24(15(13)25)12-6-4-10(19)5-7-12/h1-8,23H. The Morgan fingerprint density at radius 1 is 0.962 bits per heavy atom. The number of amides is 2. The van der Waals surface area contributed by atoms with Crippen molar-refractivity contribution in [3.63, 3.8) is 0 Å². The van der Waals surface area contributed by atoms with Gasteiger partial charge < -0.3 is 5.32 Å². The molecule has 1 aliphatic rings. The van der Waals surface area contributed by atoms with Gasteiger partial charge in [-0.15, -0.1) is 0 Å². The van der Waals surface area contributed by atoms with Gasteiger partial charge >= 0.3 is 6.18 Å². The van der Waals surface area contributed by atoms with E-state index in [2.05, 4.69) is 5.32 Å². The Morgan fingerprint density at radius 2 is 1.62 bits per heavy atom. The van der Waals surface area contributed by atoms with Gasteiger partial charge in [-0.25, -0.2) is 9.29 Å². The average molecular weight is 385 g/mol. The largest absolute Gasteiger partial charge is 0.416 e. The van der Waals surface area contributed by atoms with Crippen LogP contribution in [0.3, 0.4) is 0 Å². The van der Waals surface area contributed by atoms with Crippen molar-refractivity contribution in [1.82, 2.24) is 0 Å². The Morgan fingerprint density at radius 3 is 2.23 bits per heavy atom. The number of alkyl halides is 3. The van der Waals surface area contributed by atoms with Gasteiger partial charge in [0.05, 0.1) is 11.3 Å². The molecule has 134 valence electrons. The predicted octanol–water partition coefficient (Wildman–Crippen LogP) is 4.28. The number of nitrogens with zero attached hydrogens (tertiary/aromatic N) is 1. The first-order valence-corrected chi connectivity index (χ1v) is 7.54. The van der Waals surface area contributed by atoms with Crippen molar-refractivity contribution >= 4 is 34.8 Å². The normalized spacial score (nSPS) is 15.0. The molecule has 4 nitrogen and oxygen atoms in total. The molecule has 2 aromatic rings. The summed E-state index contributed by atoms with van der Waals surface area (Å²) < 4.78 is 51.4. The maximum Gasteiger partial charge on any atom is 0.416 e. The maximum atomic E-state index is 13.0. The molecular formula is C17H9ClF4N2O2. The van der Waals surface area contributed by atoms with E-state index in [1.54, 1.807) is 0 Å². The molecule has 1 heterocycles. The van der Waals surface area contributed by atoms with Crippen molar-refractivity contribution in [2.24, 2.45) is 0 Å².